The van der Waals surface area contributed by atoms with Crippen molar-refractivity contribution in [1.29, 1.82) is 0 Å². The number of nitrogens with one attached hydrogen (secondary N) is 1. The standard InChI is InChI=1S/C15H12N2OS/c1-3-7-11(8-4-2)14(18)17-15-16-12-9-5-6-10-13(12)19-15/h1-2,5-6,9-11H,7-8H2,(H,16,17,18). The summed E-state index contributed by atoms with van der Waals surface area (Å²) in [5.74, 6) is 4.41. The Morgan fingerprint density at radius 3 is 2.63 bits per heavy atom. The van der Waals surface area contributed by atoms with Gasteiger partial charge in [0.1, 0.15) is 0 Å². The molecule has 1 aromatic carbocycles. The monoisotopic (exact) mass is 268 g/mol. The Bertz CT molecular complexity index is 626. The first-order chi connectivity index (χ1) is 9.24. The van der Waals surface area contributed by atoms with E-state index in [2.05, 4.69) is 22.1 Å². The fourth-order valence-electron chi connectivity index (χ4n) is 1.68. The SMILES string of the molecule is C#CCC(CC#C)C(=O)Nc1nc2ccccc2s1. The van der Waals surface area contributed by atoms with Crippen molar-refractivity contribution in [2.75, 3.05) is 5.32 Å². The van der Waals surface area contributed by atoms with E-state index in [-0.39, 0.29) is 11.8 Å². The number of thiazole rings is 1. The summed E-state index contributed by atoms with van der Waals surface area (Å²) in [7, 11) is 0. The van der Waals surface area contributed by atoms with Gasteiger partial charge in [-0.1, -0.05) is 23.5 Å². The Hall–Kier alpha value is -2.30. The van der Waals surface area contributed by atoms with Gasteiger partial charge in [-0.3, -0.25) is 4.79 Å². The van der Waals surface area contributed by atoms with Crippen LogP contribution in [-0.4, -0.2) is 10.9 Å². The smallest absolute Gasteiger partial charge is 0.231 e. The first kappa shape index (κ1) is 13.1. The third-order valence-electron chi connectivity index (χ3n) is 2.62. The maximum absolute atomic E-state index is 12.0. The van der Waals surface area contributed by atoms with Crippen molar-refractivity contribution in [2.24, 2.45) is 5.92 Å². The minimum atomic E-state index is -0.359. The molecule has 0 unspecified atom stereocenters. The quantitative estimate of drug-likeness (QED) is 0.866. The molecule has 1 amide bonds. The molecule has 2 aromatic rings. The van der Waals surface area contributed by atoms with Gasteiger partial charge in [-0.15, -0.1) is 24.7 Å². The predicted octanol–water partition coefficient (Wildman–Crippen LogP) is 2.90. The summed E-state index contributed by atoms with van der Waals surface area (Å²) in [6.45, 7) is 0. The molecule has 19 heavy (non-hydrogen) atoms. The molecule has 0 bridgehead atoms. The van der Waals surface area contributed by atoms with Crippen LogP contribution < -0.4 is 5.32 Å². The molecular formula is C15H12N2OS. The zero-order valence-electron chi connectivity index (χ0n) is 10.2. The van der Waals surface area contributed by atoms with Crippen LogP contribution in [0.25, 0.3) is 10.2 Å². The van der Waals surface area contributed by atoms with Gasteiger partial charge in [0, 0.05) is 12.8 Å². The number of benzene rings is 1. The Morgan fingerprint density at radius 2 is 2.00 bits per heavy atom. The van der Waals surface area contributed by atoms with Crippen molar-refractivity contribution in [3.8, 4) is 24.7 Å². The van der Waals surface area contributed by atoms with Crippen LogP contribution >= 0.6 is 11.3 Å². The van der Waals surface area contributed by atoms with Crippen molar-refractivity contribution < 1.29 is 4.79 Å². The topological polar surface area (TPSA) is 42.0 Å². The number of aromatic nitrogens is 1. The first-order valence-corrected chi connectivity index (χ1v) is 6.59. The number of carbonyl (C=O) groups is 1. The lowest BCUT2D eigenvalue weighted by atomic mass is 10.0. The molecule has 1 heterocycles. The van der Waals surface area contributed by atoms with E-state index in [0.717, 1.165) is 10.2 Å². The van der Waals surface area contributed by atoms with Gasteiger partial charge in [-0.25, -0.2) is 4.98 Å². The average Bonchev–Trinajstić information content (AvgIpc) is 2.80. The lowest BCUT2D eigenvalue weighted by molar-refractivity contribution is -0.119. The highest BCUT2D eigenvalue weighted by atomic mass is 32.1. The molecule has 1 N–H and O–H groups in total. The van der Waals surface area contributed by atoms with E-state index < -0.39 is 0 Å². The summed E-state index contributed by atoms with van der Waals surface area (Å²) >= 11 is 1.43. The van der Waals surface area contributed by atoms with Crippen LogP contribution in [0.1, 0.15) is 12.8 Å². The minimum absolute atomic E-state index is 0.171. The second kappa shape index (κ2) is 6.04. The summed E-state index contributed by atoms with van der Waals surface area (Å²) in [5, 5.41) is 3.35. The van der Waals surface area contributed by atoms with Gasteiger partial charge in [0.2, 0.25) is 5.91 Å². The number of nitrogens with zero attached hydrogens (tertiary/aromatic N) is 1. The molecule has 0 aliphatic rings. The number of carbonyl (C=O) groups excluding carboxylic acids is 1. The zero-order chi connectivity index (χ0) is 13.7. The molecule has 0 spiro atoms. The maximum Gasteiger partial charge on any atom is 0.231 e. The van der Waals surface area contributed by atoms with E-state index in [1.165, 1.54) is 11.3 Å². The van der Waals surface area contributed by atoms with Gasteiger partial charge in [-0.05, 0) is 12.1 Å². The van der Waals surface area contributed by atoms with Crippen LogP contribution in [0, 0.1) is 30.6 Å². The largest absolute Gasteiger partial charge is 0.302 e. The molecular weight excluding hydrogens is 256 g/mol. The van der Waals surface area contributed by atoms with Gasteiger partial charge in [0.15, 0.2) is 5.13 Å². The van der Waals surface area contributed by atoms with Gasteiger partial charge in [-0.2, -0.15) is 0 Å². The van der Waals surface area contributed by atoms with E-state index >= 15 is 0 Å². The fourth-order valence-corrected chi connectivity index (χ4v) is 2.54. The number of terminal acetylenes is 2. The van der Waals surface area contributed by atoms with E-state index in [1.807, 2.05) is 24.3 Å². The summed E-state index contributed by atoms with van der Waals surface area (Å²) < 4.78 is 1.03. The van der Waals surface area contributed by atoms with Crippen LogP contribution in [0.2, 0.25) is 0 Å². The van der Waals surface area contributed by atoms with Crippen LogP contribution in [0.4, 0.5) is 5.13 Å². The van der Waals surface area contributed by atoms with E-state index in [4.69, 9.17) is 12.8 Å². The highest BCUT2D eigenvalue weighted by Crippen LogP contribution is 2.26. The molecule has 94 valence electrons. The second-order valence-corrected chi connectivity index (χ2v) is 5.02. The van der Waals surface area contributed by atoms with Gasteiger partial charge in [0.25, 0.3) is 0 Å². The Balaban J connectivity index is 2.13. The summed E-state index contributed by atoms with van der Waals surface area (Å²) in [4.78, 5) is 16.4. The Morgan fingerprint density at radius 1 is 1.32 bits per heavy atom. The first-order valence-electron chi connectivity index (χ1n) is 5.78. The van der Waals surface area contributed by atoms with E-state index in [9.17, 15) is 4.79 Å². The van der Waals surface area contributed by atoms with Crippen LogP contribution in [-0.2, 0) is 4.79 Å². The summed E-state index contributed by atoms with van der Waals surface area (Å²) in [6, 6.07) is 7.71. The van der Waals surface area contributed by atoms with Crippen LogP contribution in [0.5, 0.6) is 0 Å². The number of para-hydroxylation sites is 1. The number of hydrogen-bond acceptors (Lipinski definition) is 3. The van der Waals surface area contributed by atoms with Gasteiger partial charge < -0.3 is 5.32 Å². The van der Waals surface area contributed by atoms with Crippen molar-refractivity contribution in [3.63, 3.8) is 0 Å². The van der Waals surface area contributed by atoms with Crippen molar-refractivity contribution in [1.82, 2.24) is 4.98 Å². The minimum Gasteiger partial charge on any atom is -0.302 e. The Labute approximate surface area is 116 Å². The van der Waals surface area contributed by atoms with Crippen LogP contribution in [0.3, 0.4) is 0 Å². The molecule has 0 aliphatic carbocycles. The number of anilines is 1. The fraction of sp³-hybridized carbons (Fsp3) is 0.200. The molecule has 1 aromatic heterocycles. The predicted molar refractivity (Wildman–Crippen MR) is 78.6 cm³/mol. The second-order valence-electron chi connectivity index (χ2n) is 3.99. The Kier molecular flexibility index (Phi) is 4.18. The van der Waals surface area contributed by atoms with Crippen LogP contribution in [0.15, 0.2) is 24.3 Å². The molecule has 0 atom stereocenters. The molecule has 2 rings (SSSR count). The molecule has 4 heteroatoms. The van der Waals surface area contributed by atoms with E-state index in [1.54, 1.807) is 0 Å². The lowest BCUT2D eigenvalue weighted by Crippen LogP contribution is -2.22. The number of rotatable bonds is 4. The summed E-state index contributed by atoms with van der Waals surface area (Å²) in [6.07, 6.45) is 11.1. The van der Waals surface area contributed by atoms with Crippen molar-refractivity contribution in [2.45, 2.75) is 12.8 Å². The number of amides is 1. The van der Waals surface area contributed by atoms with E-state index in [0.29, 0.717) is 18.0 Å². The third kappa shape index (κ3) is 3.13. The van der Waals surface area contributed by atoms with Crippen molar-refractivity contribution in [3.05, 3.63) is 24.3 Å². The highest BCUT2D eigenvalue weighted by molar-refractivity contribution is 7.22. The summed E-state index contributed by atoms with van der Waals surface area (Å²) in [5.41, 5.74) is 0.869. The molecule has 0 saturated carbocycles. The average molecular weight is 268 g/mol. The molecule has 0 radical (unpaired) electrons. The zero-order valence-corrected chi connectivity index (χ0v) is 11.0. The number of hydrogen-bond donors (Lipinski definition) is 1. The normalized spacial score (nSPS) is 10.1. The highest BCUT2D eigenvalue weighted by Gasteiger charge is 2.17. The molecule has 0 fully saturated rings. The molecule has 0 saturated heterocycles. The lowest BCUT2D eigenvalue weighted by Gasteiger charge is -2.09. The third-order valence-corrected chi connectivity index (χ3v) is 3.58. The maximum atomic E-state index is 12.0. The number of fused-ring (bicyclic) bond motifs is 1. The van der Waals surface area contributed by atoms with Gasteiger partial charge in [0.05, 0.1) is 16.1 Å². The molecule has 3 nitrogen and oxygen atoms in total. The van der Waals surface area contributed by atoms with Crippen molar-refractivity contribution >= 4 is 32.6 Å². The molecule has 0 aliphatic heterocycles. The van der Waals surface area contributed by atoms with Gasteiger partial charge >= 0.3 is 0 Å².